The Hall–Kier alpha value is -2.72. The second-order valence-corrected chi connectivity index (χ2v) is 22.6. The molecule has 3 aliphatic heterocycles. The van der Waals surface area contributed by atoms with Crippen LogP contribution in [0.1, 0.15) is 53.0 Å². The van der Waals surface area contributed by atoms with E-state index in [1.54, 1.807) is 6.07 Å². The minimum atomic E-state index is -4.16. The van der Waals surface area contributed by atoms with Crippen molar-refractivity contribution in [1.29, 1.82) is 0 Å². The van der Waals surface area contributed by atoms with Crippen molar-refractivity contribution >= 4 is 24.4 Å². The lowest BCUT2D eigenvalue weighted by Crippen LogP contribution is -2.52. The van der Waals surface area contributed by atoms with Crippen LogP contribution in [0, 0.1) is 11.3 Å². The number of ether oxygens (including phenoxy) is 5. The van der Waals surface area contributed by atoms with Crippen LogP contribution in [0.4, 0.5) is 4.79 Å². The van der Waals surface area contributed by atoms with Gasteiger partial charge in [0.2, 0.25) is 16.8 Å². The van der Waals surface area contributed by atoms with Crippen molar-refractivity contribution in [2.75, 3.05) is 39.7 Å². The van der Waals surface area contributed by atoms with E-state index < -0.39 is 48.1 Å². The molecule has 14 heteroatoms. The predicted molar refractivity (Wildman–Crippen MR) is 190 cm³/mol. The highest BCUT2D eigenvalue weighted by Gasteiger charge is 2.44. The Balaban J connectivity index is 1.37. The summed E-state index contributed by atoms with van der Waals surface area (Å²) < 4.78 is 64.4. The maximum absolute atomic E-state index is 14.4. The third-order valence-corrected chi connectivity index (χ3v) is 16.7. The van der Waals surface area contributed by atoms with Crippen LogP contribution < -0.4 is 14.8 Å². The molecule has 2 saturated heterocycles. The van der Waals surface area contributed by atoms with E-state index in [9.17, 15) is 18.3 Å². The number of carbonyl (C=O) groups excluding carboxylic acids is 1. The molecule has 5 rings (SSSR count). The first-order chi connectivity index (χ1) is 23.4. The van der Waals surface area contributed by atoms with E-state index in [0.717, 1.165) is 12.0 Å². The van der Waals surface area contributed by atoms with Gasteiger partial charge in [-0.2, -0.15) is 4.31 Å². The Morgan fingerprint density at radius 1 is 1.06 bits per heavy atom. The summed E-state index contributed by atoms with van der Waals surface area (Å²) in [5.74, 6) is 0.752. The largest absolute Gasteiger partial charge is 0.454 e. The molecule has 5 atom stereocenters. The number of amides is 1. The van der Waals surface area contributed by atoms with Gasteiger partial charge in [0, 0.05) is 25.8 Å². The number of alkyl carbamates (subject to hydrolysis) is 1. The highest BCUT2D eigenvalue weighted by molar-refractivity contribution is 7.89. The Morgan fingerprint density at radius 3 is 2.50 bits per heavy atom. The number of rotatable bonds is 15. The van der Waals surface area contributed by atoms with Crippen LogP contribution in [0.15, 0.2) is 53.4 Å². The highest BCUT2D eigenvalue weighted by atomic mass is 32.2. The van der Waals surface area contributed by atoms with Gasteiger partial charge in [-0.1, -0.05) is 65.0 Å². The van der Waals surface area contributed by atoms with Crippen LogP contribution in [-0.2, 0) is 35.1 Å². The first kappa shape index (κ1) is 38.5. The fourth-order valence-corrected chi connectivity index (χ4v) is 8.85. The molecule has 2 N–H and O–H groups in total. The smallest absolute Gasteiger partial charge is 0.407 e. The van der Waals surface area contributed by atoms with Gasteiger partial charge in [0.15, 0.2) is 26.1 Å². The summed E-state index contributed by atoms with van der Waals surface area (Å²) >= 11 is 0. The van der Waals surface area contributed by atoms with E-state index in [1.807, 2.05) is 44.2 Å². The van der Waals surface area contributed by atoms with Gasteiger partial charge in [-0.05, 0) is 60.5 Å². The van der Waals surface area contributed by atoms with E-state index in [-0.39, 0.29) is 55.1 Å². The first-order valence-corrected chi connectivity index (χ1v) is 21.8. The molecule has 2 aromatic rings. The maximum Gasteiger partial charge on any atom is 0.407 e. The number of aliphatic hydroxyl groups excluding tert-OH is 1. The van der Waals surface area contributed by atoms with Gasteiger partial charge in [0.25, 0.3) is 0 Å². The van der Waals surface area contributed by atoms with Gasteiger partial charge in [-0.25, -0.2) is 13.2 Å². The molecule has 0 aliphatic carbocycles. The van der Waals surface area contributed by atoms with Gasteiger partial charge in [0.1, 0.15) is 6.10 Å². The number of hydrogen-bond donors (Lipinski definition) is 2. The maximum atomic E-state index is 14.4. The van der Waals surface area contributed by atoms with E-state index in [1.165, 1.54) is 16.4 Å². The van der Waals surface area contributed by atoms with Crippen LogP contribution in [-0.4, -0.2) is 96.5 Å². The SMILES string of the molecule is CC(C)(CCO[Si](C)(C)C(C)(C)C)CN(C[C@@H](O)[C@H](Cc1ccccc1)NC(=O)O[C@H]1CO[C@H]2OCC[C@H]21)S(=O)(=O)c1ccc2c(c1)OCO2. The topological polar surface area (TPSA) is 142 Å². The van der Waals surface area contributed by atoms with Crippen molar-refractivity contribution in [3.05, 3.63) is 54.1 Å². The zero-order chi connectivity index (χ0) is 36.3. The Morgan fingerprint density at radius 2 is 1.78 bits per heavy atom. The van der Waals surface area contributed by atoms with Gasteiger partial charge in [0.05, 0.1) is 36.2 Å². The Bertz CT molecular complexity index is 1570. The number of sulfonamides is 1. The van der Waals surface area contributed by atoms with Crippen LogP contribution in [0.2, 0.25) is 18.1 Å². The highest BCUT2D eigenvalue weighted by Crippen LogP contribution is 2.38. The number of fused-ring (bicyclic) bond motifs is 2. The zero-order valence-electron chi connectivity index (χ0n) is 30.3. The predicted octanol–water partition coefficient (Wildman–Crippen LogP) is 5.30. The van der Waals surface area contributed by atoms with Gasteiger partial charge >= 0.3 is 6.09 Å². The first-order valence-electron chi connectivity index (χ1n) is 17.4. The molecule has 0 aromatic heterocycles. The fourth-order valence-electron chi connectivity index (χ4n) is 6.15. The molecule has 3 aliphatic rings. The molecule has 3 heterocycles. The summed E-state index contributed by atoms with van der Waals surface area (Å²) in [5.41, 5.74) is 0.327. The molecule has 2 fully saturated rings. The molecular weight excluding hydrogens is 681 g/mol. The monoisotopic (exact) mass is 734 g/mol. The summed E-state index contributed by atoms with van der Waals surface area (Å²) in [7, 11) is -6.18. The quantitative estimate of drug-likeness (QED) is 0.232. The third-order valence-electron chi connectivity index (χ3n) is 10.3. The number of aliphatic hydroxyl groups is 1. The van der Waals surface area contributed by atoms with Crippen molar-refractivity contribution in [3.63, 3.8) is 0 Å². The molecular formula is C36H54N2O10SSi. The van der Waals surface area contributed by atoms with E-state index >= 15 is 0 Å². The molecule has 278 valence electrons. The molecule has 0 radical (unpaired) electrons. The lowest BCUT2D eigenvalue weighted by molar-refractivity contribution is -0.0907. The average Bonchev–Trinajstić information content (AvgIpc) is 3.79. The number of carbonyl (C=O) groups is 1. The van der Waals surface area contributed by atoms with Gasteiger partial charge in [-0.3, -0.25) is 0 Å². The van der Waals surface area contributed by atoms with Crippen molar-refractivity contribution in [3.8, 4) is 11.5 Å². The van der Waals surface area contributed by atoms with Crippen molar-refractivity contribution in [2.24, 2.45) is 11.3 Å². The zero-order valence-corrected chi connectivity index (χ0v) is 32.2. The summed E-state index contributed by atoms with van der Waals surface area (Å²) in [5, 5.41) is 14.7. The summed E-state index contributed by atoms with van der Waals surface area (Å²) in [6.07, 6.45) is -1.31. The molecule has 0 saturated carbocycles. The third kappa shape index (κ3) is 9.38. The van der Waals surface area contributed by atoms with Crippen molar-refractivity contribution in [1.82, 2.24) is 9.62 Å². The van der Waals surface area contributed by atoms with Gasteiger partial charge < -0.3 is 38.5 Å². The fraction of sp³-hybridized carbons (Fsp3) is 0.639. The minimum Gasteiger partial charge on any atom is -0.454 e. The molecule has 1 amide bonds. The molecule has 0 bridgehead atoms. The lowest BCUT2D eigenvalue weighted by Gasteiger charge is -2.38. The van der Waals surface area contributed by atoms with Crippen molar-refractivity contribution in [2.45, 2.75) is 101 Å². The number of hydrogen-bond acceptors (Lipinski definition) is 10. The second kappa shape index (κ2) is 15.5. The van der Waals surface area contributed by atoms with Crippen LogP contribution in [0.25, 0.3) is 0 Å². The van der Waals surface area contributed by atoms with Gasteiger partial charge in [-0.15, -0.1) is 0 Å². The standard InChI is InChI=1S/C36H54N2O10SSi/c1-35(2,3)50(6,7)47-18-16-36(4,5)23-38(49(41,42)26-13-14-30-31(20-26)46-24-45-30)21-29(39)28(19-25-11-9-8-10-12-25)37-34(40)48-32-22-44-33-27(32)15-17-43-33/h8-14,20,27-29,32-33,39H,15-19,21-24H2,1-7H3,(H,37,40)/t27-,28-,29+,32-,33+/m0/s1. The average molecular weight is 735 g/mol. The van der Waals surface area contributed by atoms with Crippen LogP contribution in [0.3, 0.4) is 0 Å². The molecule has 50 heavy (non-hydrogen) atoms. The van der Waals surface area contributed by atoms with Crippen LogP contribution in [0.5, 0.6) is 11.5 Å². The lowest BCUT2D eigenvalue weighted by atomic mass is 9.89. The number of nitrogens with zero attached hydrogens (tertiary/aromatic N) is 1. The molecule has 2 aromatic carbocycles. The second-order valence-electron chi connectivity index (χ2n) is 15.8. The molecule has 0 spiro atoms. The molecule has 0 unspecified atom stereocenters. The number of benzene rings is 2. The minimum absolute atomic E-state index is 0.00681. The summed E-state index contributed by atoms with van der Waals surface area (Å²) in [4.78, 5) is 13.3. The Labute approximate surface area is 297 Å². The Kier molecular flexibility index (Phi) is 11.9. The number of nitrogens with one attached hydrogen (secondary N) is 1. The van der Waals surface area contributed by atoms with E-state index in [4.69, 9.17) is 28.1 Å². The van der Waals surface area contributed by atoms with Crippen molar-refractivity contribution < 1.29 is 46.4 Å². The van der Waals surface area contributed by atoms with Crippen LogP contribution >= 0.6 is 0 Å². The summed E-state index contributed by atoms with van der Waals surface area (Å²) in [6, 6.07) is 13.0. The van der Waals surface area contributed by atoms with E-state index in [0.29, 0.717) is 31.1 Å². The summed E-state index contributed by atoms with van der Waals surface area (Å²) in [6.45, 7) is 16.0. The normalized spacial score (nSPS) is 22.0. The molecule has 12 nitrogen and oxygen atoms in total. The van der Waals surface area contributed by atoms with E-state index in [2.05, 4.69) is 39.2 Å².